The van der Waals surface area contributed by atoms with E-state index in [1.54, 1.807) is 17.7 Å². The normalized spacial score (nSPS) is 17.7. The summed E-state index contributed by atoms with van der Waals surface area (Å²) < 4.78 is 2.52. The average molecular weight is 487 g/mol. The van der Waals surface area contributed by atoms with E-state index in [4.69, 9.17) is 0 Å². The molecule has 1 aromatic heterocycles. The van der Waals surface area contributed by atoms with Crippen molar-refractivity contribution in [2.45, 2.75) is 64.5 Å². The van der Waals surface area contributed by atoms with Gasteiger partial charge >= 0.3 is 5.56 Å². The van der Waals surface area contributed by atoms with Gasteiger partial charge in [0.25, 0.3) is 5.91 Å². The monoisotopic (exact) mass is 486 g/mol. The molecule has 1 amide bonds. The second-order valence-corrected chi connectivity index (χ2v) is 9.22. The Hall–Kier alpha value is -2.66. The number of benzene rings is 1. The molecule has 2 heterocycles. The summed E-state index contributed by atoms with van der Waals surface area (Å²) in [6.45, 7) is 6.55. The van der Waals surface area contributed by atoms with Crippen molar-refractivity contribution in [1.29, 1.82) is 5.26 Å². The van der Waals surface area contributed by atoms with Crippen LogP contribution >= 0.6 is 15.9 Å². The van der Waals surface area contributed by atoms with Crippen LogP contribution < -0.4 is 5.56 Å². The Bertz CT molecular complexity index is 1120. The van der Waals surface area contributed by atoms with Gasteiger partial charge in [0, 0.05) is 35.9 Å². The Balaban J connectivity index is 2.22. The predicted molar refractivity (Wildman–Crippen MR) is 121 cm³/mol. The highest BCUT2D eigenvalue weighted by molar-refractivity contribution is 9.10. The summed E-state index contributed by atoms with van der Waals surface area (Å²) in [5.41, 5.74) is 0.389. The lowest BCUT2D eigenvalue weighted by Gasteiger charge is -2.37. The quantitative estimate of drug-likeness (QED) is 0.669. The number of halogens is 1. The molecule has 164 valence electrons. The smallest absolute Gasteiger partial charge is 0.315 e. The van der Waals surface area contributed by atoms with Crippen molar-refractivity contribution in [3.05, 3.63) is 55.7 Å². The summed E-state index contributed by atoms with van der Waals surface area (Å²) in [4.78, 5) is 31.0. The molecule has 1 aromatic carbocycles. The highest BCUT2D eigenvalue weighted by Gasteiger charge is 2.37. The molecular weight excluding hydrogens is 460 g/mol. The van der Waals surface area contributed by atoms with Crippen molar-refractivity contribution < 1.29 is 9.90 Å². The van der Waals surface area contributed by atoms with Crippen LogP contribution in [0.15, 0.2) is 27.5 Å². The van der Waals surface area contributed by atoms with Crippen molar-refractivity contribution in [1.82, 2.24) is 14.5 Å². The number of amides is 1. The minimum absolute atomic E-state index is 0.00376. The molecule has 31 heavy (non-hydrogen) atoms. The summed E-state index contributed by atoms with van der Waals surface area (Å²) in [5, 5.41) is 19.8. The maximum absolute atomic E-state index is 12.8. The number of likely N-dealkylation sites (N-methyl/N-ethyl adjacent to an activating group) is 1. The number of hydrogen-bond acceptors (Lipinski definition) is 5. The van der Waals surface area contributed by atoms with Gasteiger partial charge in [0.15, 0.2) is 5.69 Å². The number of fused-ring (bicyclic) bond motifs is 1. The second-order valence-electron chi connectivity index (χ2n) is 8.31. The molecule has 0 aliphatic carbocycles. The van der Waals surface area contributed by atoms with Crippen LogP contribution in [0.1, 0.15) is 67.5 Å². The summed E-state index contributed by atoms with van der Waals surface area (Å²) in [7, 11) is 1.67. The fraction of sp³-hybridized carbons (Fsp3) is 0.478. The third kappa shape index (κ3) is 4.11. The van der Waals surface area contributed by atoms with Gasteiger partial charge < -0.3 is 14.6 Å². The molecule has 0 bridgehead atoms. The van der Waals surface area contributed by atoms with Crippen LogP contribution in [0, 0.1) is 11.3 Å². The Morgan fingerprint density at radius 3 is 2.65 bits per heavy atom. The highest BCUT2D eigenvalue weighted by atomic mass is 79.9. The molecule has 0 saturated carbocycles. The zero-order valence-electron chi connectivity index (χ0n) is 18.3. The fourth-order valence-electron chi connectivity index (χ4n) is 4.47. The number of nitrogens with zero attached hydrogens (tertiary/aromatic N) is 4. The molecule has 2 aromatic rings. The molecule has 0 fully saturated rings. The summed E-state index contributed by atoms with van der Waals surface area (Å²) in [6.07, 6.45) is 2.90. The lowest BCUT2D eigenvalue weighted by molar-refractivity contribution is 0.0660. The van der Waals surface area contributed by atoms with Crippen LogP contribution in [0.2, 0.25) is 0 Å². The molecule has 0 spiro atoms. The van der Waals surface area contributed by atoms with Crippen molar-refractivity contribution in [3.8, 4) is 11.8 Å². The van der Waals surface area contributed by atoms with Crippen LogP contribution in [0.3, 0.4) is 0 Å². The zero-order valence-corrected chi connectivity index (χ0v) is 19.9. The van der Waals surface area contributed by atoms with Gasteiger partial charge in [0.1, 0.15) is 5.82 Å². The van der Waals surface area contributed by atoms with Crippen molar-refractivity contribution in [3.63, 3.8) is 0 Å². The highest BCUT2D eigenvalue weighted by Crippen LogP contribution is 2.38. The Labute approximate surface area is 190 Å². The first-order valence-electron chi connectivity index (χ1n) is 10.5. The molecule has 1 aliphatic heterocycles. The number of nitriles is 1. The Kier molecular flexibility index (Phi) is 6.56. The van der Waals surface area contributed by atoms with E-state index in [0.29, 0.717) is 24.4 Å². The van der Waals surface area contributed by atoms with Crippen LogP contribution in [0.25, 0.3) is 0 Å². The van der Waals surface area contributed by atoms with Gasteiger partial charge in [0.2, 0.25) is 5.75 Å². The maximum Gasteiger partial charge on any atom is 0.315 e. The summed E-state index contributed by atoms with van der Waals surface area (Å²) in [6, 6.07) is 7.79. The van der Waals surface area contributed by atoms with E-state index in [-0.39, 0.29) is 23.1 Å². The number of aromatic nitrogens is 2. The van der Waals surface area contributed by atoms with Gasteiger partial charge in [-0.25, -0.2) is 0 Å². The van der Waals surface area contributed by atoms with Gasteiger partial charge in [-0.05, 0) is 43.5 Å². The van der Waals surface area contributed by atoms with Crippen LogP contribution in [-0.2, 0) is 18.4 Å². The Morgan fingerprint density at radius 2 is 2.03 bits per heavy atom. The molecule has 0 saturated heterocycles. The lowest BCUT2D eigenvalue weighted by Crippen LogP contribution is -2.47. The van der Waals surface area contributed by atoms with E-state index in [0.717, 1.165) is 29.3 Å². The average Bonchev–Trinajstić information content (AvgIpc) is 2.74. The van der Waals surface area contributed by atoms with Crippen LogP contribution in [0.4, 0.5) is 0 Å². The van der Waals surface area contributed by atoms with E-state index in [1.165, 1.54) is 4.90 Å². The van der Waals surface area contributed by atoms with Crippen molar-refractivity contribution >= 4 is 21.8 Å². The van der Waals surface area contributed by atoms with Gasteiger partial charge in [-0.1, -0.05) is 36.2 Å². The number of rotatable bonds is 6. The molecule has 2 atom stereocenters. The topological polar surface area (TPSA) is 99.2 Å². The molecular formula is C23H27BrN4O3. The standard InChI is InChI=1S/C23H27BrN4O3/c1-5-7-23(6-2,16-8-15(12-25)9-17(24)10-16)11-18-26-21(30)20(29)19-22(31)27(4)14(3)13-28(18)19/h8-10,14,29H,5-7,11,13H2,1-4H3. The fourth-order valence-corrected chi connectivity index (χ4v) is 4.97. The molecule has 1 N–H and O–H groups in total. The first-order valence-corrected chi connectivity index (χ1v) is 11.3. The largest absolute Gasteiger partial charge is 0.501 e. The second kappa shape index (κ2) is 8.83. The predicted octanol–water partition coefficient (Wildman–Crippen LogP) is 3.75. The number of carbonyl (C=O) groups excluding carboxylic acids is 1. The van der Waals surface area contributed by atoms with Gasteiger partial charge in [-0.3, -0.25) is 9.59 Å². The molecule has 2 unspecified atom stereocenters. The van der Waals surface area contributed by atoms with E-state index in [9.17, 15) is 20.0 Å². The van der Waals surface area contributed by atoms with Gasteiger partial charge in [-0.2, -0.15) is 10.2 Å². The van der Waals surface area contributed by atoms with E-state index in [1.807, 2.05) is 19.1 Å². The Morgan fingerprint density at radius 1 is 1.32 bits per heavy atom. The van der Waals surface area contributed by atoms with Gasteiger partial charge in [0.05, 0.1) is 11.6 Å². The zero-order chi connectivity index (χ0) is 22.9. The van der Waals surface area contributed by atoms with Crippen molar-refractivity contribution in [2.75, 3.05) is 7.05 Å². The molecule has 8 heteroatoms. The lowest BCUT2D eigenvalue weighted by atomic mass is 9.71. The number of carbonyl (C=O) groups is 1. The third-order valence-electron chi connectivity index (χ3n) is 6.41. The molecule has 1 aliphatic rings. The number of aromatic hydroxyl groups is 1. The first-order chi connectivity index (χ1) is 14.7. The molecule has 7 nitrogen and oxygen atoms in total. The van der Waals surface area contributed by atoms with E-state index >= 15 is 0 Å². The van der Waals surface area contributed by atoms with Crippen LogP contribution in [-0.4, -0.2) is 38.6 Å². The molecule has 3 rings (SSSR count). The van der Waals surface area contributed by atoms with Crippen molar-refractivity contribution in [2.24, 2.45) is 0 Å². The van der Waals surface area contributed by atoms with E-state index in [2.05, 4.69) is 40.8 Å². The minimum Gasteiger partial charge on any atom is -0.501 e. The number of hydrogen-bond donors (Lipinski definition) is 1. The molecule has 0 radical (unpaired) electrons. The summed E-state index contributed by atoms with van der Waals surface area (Å²) in [5.74, 6) is -0.497. The SMILES string of the molecule is CCCC(CC)(Cc1nc(=O)c(O)c2n1CC(C)N(C)C2=O)c1cc(Br)cc(C#N)c1. The van der Waals surface area contributed by atoms with E-state index < -0.39 is 11.3 Å². The maximum atomic E-state index is 12.8. The van der Waals surface area contributed by atoms with Crippen LogP contribution in [0.5, 0.6) is 5.75 Å². The first kappa shape index (κ1) is 23.0. The van der Waals surface area contributed by atoms with Gasteiger partial charge in [-0.15, -0.1) is 0 Å². The summed E-state index contributed by atoms with van der Waals surface area (Å²) >= 11 is 3.51. The minimum atomic E-state index is -0.786. The third-order valence-corrected chi connectivity index (χ3v) is 6.87.